The Hall–Kier alpha value is -8.48. The Morgan fingerprint density at radius 2 is 1.02 bits per heavy atom. The van der Waals surface area contributed by atoms with Crippen LogP contribution in [0.2, 0.25) is 0 Å². The number of ether oxygens (including phenoxy) is 6. The van der Waals surface area contributed by atoms with E-state index in [1.807, 2.05) is 0 Å². The van der Waals surface area contributed by atoms with Gasteiger partial charge in [-0.1, -0.05) is 126 Å². The van der Waals surface area contributed by atoms with Gasteiger partial charge in [0.25, 0.3) is 0 Å². The maximum Gasteiger partial charge on any atom is 0.449 e. The molecule has 2 aliphatic carbocycles. The van der Waals surface area contributed by atoms with Crippen molar-refractivity contribution in [1.82, 2.24) is 0 Å². The number of hydrogen-bond donors (Lipinski definition) is 2. The van der Waals surface area contributed by atoms with Crippen molar-refractivity contribution in [3.63, 3.8) is 0 Å². The monoisotopic (exact) mass is 1480 g/mol. The van der Waals surface area contributed by atoms with Crippen LogP contribution in [0.5, 0.6) is 0 Å². The highest BCUT2D eigenvalue weighted by Crippen LogP contribution is 2.59. The molecule has 2 aliphatic heterocycles. The lowest BCUT2D eigenvalue weighted by molar-refractivity contribution is -0.408. The number of rotatable bonds is 15. The summed E-state index contributed by atoms with van der Waals surface area (Å²) in [5.41, 5.74) is -2.35. The van der Waals surface area contributed by atoms with Gasteiger partial charge in [-0.2, -0.15) is 57.1 Å². The highest BCUT2D eigenvalue weighted by atomic mass is 19.4. The van der Waals surface area contributed by atoms with Crippen LogP contribution in [0, 0.1) is 63.6 Å². The van der Waals surface area contributed by atoms with Crippen LogP contribution in [0.3, 0.4) is 0 Å². The van der Waals surface area contributed by atoms with E-state index in [4.69, 9.17) is 10.2 Å². The van der Waals surface area contributed by atoms with E-state index in [1.54, 1.807) is 54.6 Å². The van der Waals surface area contributed by atoms with Crippen LogP contribution in [-0.2, 0) is 47.6 Å². The third kappa shape index (κ3) is 26.1. The molecule has 12 nitrogen and oxygen atoms in total. The van der Waals surface area contributed by atoms with Crippen LogP contribution < -0.4 is 0 Å². The second kappa shape index (κ2) is 39.2. The second-order valence-corrected chi connectivity index (χ2v) is 24.0. The molecular weight excluding hydrogens is 1400 g/mol. The molecule has 0 amide bonds. The summed E-state index contributed by atoms with van der Waals surface area (Å²) in [6, 6.07) is 22.3. The number of benzene rings is 4. The van der Waals surface area contributed by atoms with Crippen molar-refractivity contribution in [3.05, 3.63) is 205 Å². The minimum atomic E-state index is -5.69. The number of fused-ring (bicyclic) bond motifs is 2. The van der Waals surface area contributed by atoms with Gasteiger partial charge in [0, 0.05) is 28.3 Å². The van der Waals surface area contributed by atoms with Crippen molar-refractivity contribution in [2.24, 2.45) is 34.5 Å². The first-order valence-corrected chi connectivity index (χ1v) is 30.2. The fraction of sp³-hybridized carbons (Fsp3) is 0.417. The lowest BCUT2D eigenvalue weighted by Gasteiger charge is -2.35. The molecule has 8 rings (SSSR count). The van der Waals surface area contributed by atoms with E-state index < -0.39 is 121 Å². The first kappa shape index (κ1) is 91.5. The van der Waals surface area contributed by atoms with E-state index in [0.29, 0.717) is 29.4 Å². The van der Waals surface area contributed by atoms with Crippen LogP contribution in [0.4, 0.5) is 79.0 Å². The predicted octanol–water partition coefficient (Wildman–Crippen LogP) is 18.4. The van der Waals surface area contributed by atoms with Gasteiger partial charge in [0.05, 0.1) is 50.6 Å². The Bertz CT molecular complexity index is 3400. The van der Waals surface area contributed by atoms with E-state index in [1.165, 1.54) is 109 Å². The maximum atomic E-state index is 13.9. The molecule has 4 fully saturated rings. The summed E-state index contributed by atoms with van der Waals surface area (Å²) in [4.78, 5) is 43.4. The van der Waals surface area contributed by atoms with Crippen LogP contribution >= 0.6 is 0 Å². The van der Waals surface area contributed by atoms with Gasteiger partial charge in [0.2, 0.25) is 0 Å². The van der Waals surface area contributed by atoms with Crippen molar-refractivity contribution in [2.75, 3.05) is 40.6 Å². The van der Waals surface area contributed by atoms with Gasteiger partial charge in [-0.3, -0.25) is 4.79 Å². The molecule has 2 saturated carbocycles. The molecule has 4 aromatic carbocycles. The zero-order valence-corrected chi connectivity index (χ0v) is 56.6. The average molecular weight is 1480 g/mol. The van der Waals surface area contributed by atoms with Crippen LogP contribution in [-0.4, -0.2) is 117 Å². The van der Waals surface area contributed by atoms with Gasteiger partial charge >= 0.3 is 65.8 Å². The Balaban J connectivity index is 0.000000595. The SMILES string of the molecule is C=C(C)C(=O)OCC1(C)COC(O)(C(F)(F)F)C1(F)F.C=C(C)C(=O)OCC1(C)COC(O)(C(F)(F)F)C1(F)F.C=C(CC(=O)OC)C(=O)OC.C=Cc1cc(F)cc(F)c1.C=Cc1ccc(F)cc1.C=Cc1cccc(F)c1.C=Cc1ccccc1F.CC(CC1CC2CCC1C2)C(F)(F)F. The maximum absolute atomic E-state index is 13.9. The van der Waals surface area contributed by atoms with Gasteiger partial charge in [-0.15, -0.1) is 0 Å². The van der Waals surface area contributed by atoms with Gasteiger partial charge in [-0.25, -0.2) is 36.3 Å². The molecule has 0 aromatic heterocycles. The normalized spacial score (nSPS) is 22.5. The Morgan fingerprint density at radius 3 is 1.34 bits per heavy atom. The van der Waals surface area contributed by atoms with Crippen molar-refractivity contribution in [1.29, 1.82) is 0 Å². The smallest absolute Gasteiger partial charge is 0.449 e. The third-order valence-electron chi connectivity index (χ3n) is 15.7. The first-order valence-electron chi connectivity index (χ1n) is 30.2. The van der Waals surface area contributed by atoms with Gasteiger partial charge in [-0.05, 0) is 130 Å². The van der Waals surface area contributed by atoms with Gasteiger partial charge < -0.3 is 38.6 Å². The highest BCUT2D eigenvalue weighted by molar-refractivity contribution is 5.93. The Morgan fingerprint density at radius 1 is 0.569 bits per heavy atom. The number of carbonyl (C=O) groups excluding carboxylic acids is 4. The number of alkyl halides is 13. The van der Waals surface area contributed by atoms with E-state index in [0.717, 1.165) is 43.4 Å². The molecule has 2 N–H and O–H groups in total. The van der Waals surface area contributed by atoms with Crippen molar-refractivity contribution >= 4 is 48.2 Å². The molecule has 4 aliphatic rings. The van der Waals surface area contributed by atoms with E-state index in [9.17, 15) is 98.2 Å². The lowest BCUT2D eigenvalue weighted by atomic mass is 9.82. The Kier molecular flexibility index (Phi) is 35.2. The summed E-state index contributed by atoms with van der Waals surface area (Å²) in [5, 5.41) is 18.2. The molecular formula is C72H80F18O12. The number of hydrogen-bond acceptors (Lipinski definition) is 12. The number of carbonyl (C=O) groups is 4. The summed E-state index contributed by atoms with van der Waals surface area (Å²) in [6.07, 6.45) is -4.22. The molecule has 8 unspecified atom stereocenters. The van der Waals surface area contributed by atoms with E-state index in [-0.39, 0.29) is 40.6 Å². The second-order valence-electron chi connectivity index (χ2n) is 24.0. The molecule has 566 valence electrons. The van der Waals surface area contributed by atoms with Gasteiger partial charge in [0.15, 0.2) is 0 Å². The quantitative estimate of drug-likeness (QED) is 0.0502. The molecule has 2 heterocycles. The number of esters is 4. The lowest BCUT2D eigenvalue weighted by Crippen LogP contribution is -2.61. The topological polar surface area (TPSA) is 164 Å². The van der Waals surface area contributed by atoms with E-state index in [2.05, 4.69) is 74.5 Å². The molecule has 102 heavy (non-hydrogen) atoms. The van der Waals surface area contributed by atoms with Crippen LogP contribution in [0.25, 0.3) is 24.3 Å². The molecule has 4 aromatic rings. The minimum absolute atomic E-state index is 0.0954. The zero-order chi connectivity index (χ0) is 78.8. The average Bonchev–Trinajstić information content (AvgIpc) is 1.56. The number of methoxy groups -OCH3 is 2. The summed E-state index contributed by atoms with van der Waals surface area (Å²) >= 11 is 0. The Labute approximate surface area is 578 Å². The molecule has 0 spiro atoms. The highest BCUT2D eigenvalue weighted by Gasteiger charge is 2.82. The number of halogens is 18. The molecule has 0 radical (unpaired) electrons. The van der Waals surface area contributed by atoms with E-state index >= 15 is 0 Å². The first-order chi connectivity index (χ1) is 46.9. The third-order valence-corrected chi connectivity index (χ3v) is 15.7. The number of aliphatic hydroxyl groups is 2. The van der Waals surface area contributed by atoms with Crippen molar-refractivity contribution in [3.8, 4) is 0 Å². The standard InChI is InChI=1S/2C11H13F5O4.C11H17F3.C8H6F2.3C8H7F.C7H10O4/c2*1-6(2)7(17)19-4-8(3)5-20-10(18,9(8,12)13)11(14,15)16;1-7(11(12,13)14)4-10-6-8-2-3-9(10)5-8;1-2-6-3-7(9)5-8(10)4-6;1-2-7-3-5-8(9)6-4-7;1-2-7-4-3-5-8(9)6-7;1-2-7-5-3-4-6-8(7)9;1-5(7(9)11-3)4-6(8)10-2/h2*18H,1,4-5H2,2-3H3;7-10H,2-6H2,1H3;2-5H,1H2;3*2-6H,1H2;1,4H2,2-3H3. The minimum Gasteiger partial charge on any atom is -0.469 e. The largest absolute Gasteiger partial charge is 0.469 e. The van der Waals surface area contributed by atoms with Gasteiger partial charge in [0.1, 0.15) is 42.3 Å². The van der Waals surface area contributed by atoms with Crippen LogP contribution in [0.1, 0.15) is 95.4 Å². The summed E-state index contributed by atoms with van der Waals surface area (Å²) < 4.78 is 255. The molecule has 2 bridgehead atoms. The fourth-order valence-corrected chi connectivity index (χ4v) is 9.47. The predicted molar refractivity (Wildman–Crippen MR) is 344 cm³/mol. The summed E-state index contributed by atoms with van der Waals surface area (Å²) in [5.74, 6) is -22.9. The van der Waals surface area contributed by atoms with Crippen molar-refractivity contribution < 1.29 is 137 Å². The van der Waals surface area contributed by atoms with Crippen LogP contribution in [0.15, 0.2) is 154 Å². The molecule has 30 heteroatoms. The fourth-order valence-electron chi connectivity index (χ4n) is 9.47. The summed E-state index contributed by atoms with van der Waals surface area (Å²) in [7, 11) is 2.47. The van der Waals surface area contributed by atoms with Crippen molar-refractivity contribution in [2.45, 2.75) is 115 Å². The molecule has 2 saturated heterocycles. The zero-order valence-electron chi connectivity index (χ0n) is 56.6. The summed E-state index contributed by atoms with van der Waals surface area (Å²) in [6.45, 7) is 24.5. The molecule has 8 atom stereocenters.